The fourth-order valence-corrected chi connectivity index (χ4v) is 7.88. The molecular weight excluding hydrogens is 340 g/mol. The average Bonchev–Trinajstić information content (AvgIpc) is 3.01. The third-order valence-electron chi connectivity index (χ3n) is 5.69. The number of rotatable bonds is 4. The molecule has 2 nitrogen and oxygen atoms in total. The van der Waals surface area contributed by atoms with Gasteiger partial charge in [-0.2, -0.15) is 0 Å². The maximum atomic E-state index is 6.89. The van der Waals surface area contributed by atoms with Crippen LogP contribution >= 0.6 is 0 Å². The van der Waals surface area contributed by atoms with Gasteiger partial charge in [0.2, 0.25) is 0 Å². The van der Waals surface area contributed by atoms with E-state index in [0.29, 0.717) is 0 Å². The molecule has 0 radical (unpaired) electrons. The summed E-state index contributed by atoms with van der Waals surface area (Å²) in [6.45, 7) is 14.1. The average molecular weight is 385 g/mol. The molecule has 2 aliphatic carbocycles. The molecule has 0 saturated heterocycles. The fourth-order valence-electron chi connectivity index (χ4n) is 4.82. The Bertz CT molecular complexity index is 375. The highest BCUT2D eigenvalue weighted by molar-refractivity contribution is 6.70. The van der Waals surface area contributed by atoms with Crippen molar-refractivity contribution in [3.63, 3.8) is 0 Å². The highest BCUT2D eigenvalue weighted by Gasteiger charge is 2.70. The summed E-state index contributed by atoms with van der Waals surface area (Å²) in [5.74, 6) is 0. The lowest BCUT2D eigenvalue weighted by atomic mass is 9.98. The lowest BCUT2D eigenvalue weighted by Crippen LogP contribution is -2.44. The molecule has 2 fully saturated rings. The van der Waals surface area contributed by atoms with E-state index in [4.69, 9.17) is 8.85 Å². The van der Waals surface area contributed by atoms with Gasteiger partial charge in [-0.3, -0.25) is 0 Å². The number of fused-ring (bicyclic) bond motifs is 1. The Hall–Kier alpha value is 0.354. The molecule has 148 valence electrons. The minimum Gasteiger partial charge on any atom is -0.409 e. The van der Waals surface area contributed by atoms with Gasteiger partial charge in [0.25, 0.3) is 0 Å². The first-order chi connectivity index (χ1) is 11.6. The van der Waals surface area contributed by atoms with Crippen LogP contribution in [0.2, 0.25) is 39.3 Å². The quantitative estimate of drug-likeness (QED) is 0.475. The highest BCUT2D eigenvalue weighted by Crippen LogP contribution is 2.61. The Morgan fingerprint density at radius 2 is 0.760 bits per heavy atom. The molecule has 0 heterocycles. The Balaban J connectivity index is 2.13. The second-order valence-electron chi connectivity index (χ2n) is 10.6. The molecule has 2 atom stereocenters. The van der Waals surface area contributed by atoms with E-state index in [-0.39, 0.29) is 11.2 Å². The largest absolute Gasteiger partial charge is 0.409 e. The molecule has 0 spiro atoms. The van der Waals surface area contributed by atoms with Gasteiger partial charge >= 0.3 is 0 Å². The summed E-state index contributed by atoms with van der Waals surface area (Å²) >= 11 is 0. The minimum absolute atomic E-state index is 0.0435. The van der Waals surface area contributed by atoms with Gasteiger partial charge in [0.1, 0.15) is 0 Å². The number of hydrogen-bond donors (Lipinski definition) is 0. The van der Waals surface area contributed by atoms with Crippen LogP contribution in [0, 0.1) is 0 Å². The van der Waals surface area contributed by atoms with Gasteiger partial charge < -0.3 is 8.85 Å². The van der Waals surface area contributed by atoms with Crippen LogP contribution in [0.3, 0.4) is 0 Å². The molecule has 0 N–H and O–H groups in total. The standard InChI is InChI=1S/C21H44O2Si2/c1-24(2,3)22-20-17-15-13-11-9-7-8-10-12-14-16-18-21(20,19-20)23-25(4,5)6/h7-19H2,1-6H3. The molecule has 0 aromatic heterocycles. The summed E-state index contributed by atoms with van der Waals surface area (Å²) in [5.41, 5.74) is 0.0870. The van der Waals surface area contributed by atoms with Crippen LogP contribution in [0.5, 0.6) is 0 Å². The summed E-state index contributed by atoms with van der Waals surface area (Å²) in [6.07, 6.45) is 17.6. The van der Waals surface area contributed by atoms with E-state index in [9.17, 15) is 0 Å². The van der Waals surface area contributed by atoms with Gasteiger partial charge in [-0.1, -0.05) is 64.2 Å². The van der Waals surface area contributed by atoms with Crippen molar-refractivity contribution in [2.75, 3.05) is 0 Å². The van der Waals surface area contributed by atoms with Crippen LogP contribution in [-0.2, 0) is 8.85 Å². The second kappa shape index (κ2) is 8.58. The normalized spacial score (nSPS) is 33.4. The van der Waals surface area contributed by atoms with E-state index in [1.54, 1.807) is 0 Å². The zero-order valence-corrected chi connectivity index (χ0v) is 20.0. The van der Waals surface area contributed by atoms with Crippen molar-refractivity contribution in [1.82, 2.24) is 0 Å². The third-order valence-corrected chi connectivity index (χ3v) is 7.70. The van der Waals surface area contributed by atoms with Gasteiger partial charge in [0.05, 0.1) is 11.2 Å². The van der Waals surface area contributed by atoms with Crippen LogP contribution in [-0.4, -0.2) is 27.8 Å². The summed E-state index contributed by atoms with van der Waals surface area (Å²) < 4.78 is 13.8. The van der Waals surface area contributed by atoms with Gasteiger partial charge in [-0.25, -0.2) is 0 Å². The van der Waals surface area contributed by atoms with E-state index in [2.05, 4.69) is 39.3 Å². The predicted octanol–water partition coefficient (Wildman–Crippen LogP) is 7.27. The molecule has 2 unspecified atom stereocenters. The van der Waals surface area contributed by atoms with Gasteiger partial charge in [0, 0.05) is 6.42 Å². The monoisotopic (exact) mass is 384 g/mol. The lowest BCUT2D eigenvalue weighted by molar-refractivity contribution is 0.0301. The van der Waals surface area contributed by atoms with E-state index in [1.807, 2.05) is 0 Å². The zero-order chi connectivity index (χ0) is 18.6. The van der Waals surface area contributed by atoms with Crippen LogP contribution in [0.15, 0.2) is 0 Å². The summed E-state index contributed by atoms with van der Waals surface area (Å²) in [6, 6.07) is 0. The first-order valence-electron chi connectivity index (χ1n) is 11.0. The molecule has 2 rings (SSSR count). The Kier molecular flexibility index (Phi) is 7.43. The summed E-state index contributed by atoms with van der Waals surface area (Å²) in [5, 5.41) is 0. The predicted molar refractivity (Wildman–Crippen MR) is 114 cm³/mol. The smallest absolute Gasteiger partial charge is 0.184 e. The van der Waals surface area contributed by atoms with Crippen molar-refractivity contribution >= 4 is 16.6 Å². The van der Waals surface area contributed by atoms with E-state index in [1.165, 1.54) is 77.0 Å². The molecular formula is C21H44O2Si2. The first-order valence-corrected chi connectivity index (χ1v) is 17.8. The molecule has 0 aromatic carbocycles. The summed E-state index contributed by atoms with van der Waals surface area (Å²) in [4.78, 5) is 0. The Morgan fingerprint density at radius 3 is 1.04 bits per heavy atom. The number of hydrogen-bond acceptors (Lipinski definition) is 2. The van der Waals surface area contributed by atoms with Crippen molar-refractivity contribution in [3.05, 3.63) is 0 Å². The van der Waals surface area contributed by atoms with Crippen molar-refractivity contribution in [1.29, 1.82) is 0 Å². The van der Waals surface area contributed by atoms with Crippen LogP contribution in [0.4, 0.5) is 0 Å². The van der Waals surface area contributed by atoms with Crippen molar-refractivity contribution < 1.29 is 8.85 Å². The highest BCUT2D eigenvalue weighted by atomic mass is 28.4. The molecule has 0 bridgehead atoms. The lowest BCUT2D eigenvalue weighted by Gasteiger charge is -2.36. The van der Waals surface area contributed by atoms with Crippen LogP contribution in [0.1, 0.15) is 83.5 Å². The maximum Gasteiger partial charge on any atom is 0.184 e. The minimum atomic E-state index is -1.57. The van der Waals surface area contributed by atoms with Crippen molar-refractivity contribution in [2.24, 2.45) is 0 Å². The molecule has 25 heavy (non-hydrogen) atoms. The van der Waals surface area contributed by atoms with Crippen molar-refractivity contribution in [2.45, 2.75) is 134 Å². The molecule has 0 aliphatic heterocycles. The Labute approximate surface area is 159 Å². The summed E-state index contributed by atoms with van der Waals surface area (Å²) in [7, 11) is -3.14. The van der Waals surface area contributed by atoms with Crippen molar-refractivity contribution in [3.8, 4) is 0 Å². The Morgan fingerprint density at radius 1 is 0.480 bits per heavy atom. The van der Waals surface area contributed by atoms with Crippen LogP contribution < -0.4 is 0 Å². The molecule has 2 aliphatic rings. The van der Waals surface area contributed by atoms with Gasteiger partial charge in [-0.15, -0.1) is 0 Å². The molecule has 0 amide bonds. The molecule has 2 saturated carbocycles. The zero-order valence-electron chi connectivity index (χ0n) is 18.0. The van der Waals surface area contributed by atoms with Crippen LogP contribution in [0.25, 0.3) is 0 Å². The topological polar surface area (TPSA) is 18.5 Å². The molecule has 0 aromatic rings. The first kappa shape index (κ1) is 21.7. The molecule has 4 heteroatoms. The second-order valence-corrected chi connectivity index (χ2v) is 19.5. The van der Waals surface area contributed by atoms with E-state index in [0.717, 1.165) is 6.42 Å². The SMILES string of the molecule is C[Si](C)(C)OC12CCCCCCCCCCCCC1(O[Si](C)(C)C)C2. The third kappa shape index (κ3) is 6.78. The maximum absolute atomic E-state index is 6.89. The van der Waals surface area contributed by atoms with Gasteiger partial charge in [-0.05, 0) is 52.1 Å². The van der Waals surface area contributed by atoms with Gasteiger partial charge in [0.15, 0.2) is 16.6 Å². The fraction of sp³-hybridized carbons (Fsp3) is 1.00. The van der Waals surface area contributed by atoms with E-state index >= 15 is 0 Å². The van der Waals surface area contributed by atoms with E-state index < -0.39 is 16.6 Å².